The zero-order valence-electron chi connectivity index (χ0n) is 12.8. The quantitative estimate of drug-likeness (QED) is 0.707. The van der Waals surface area contributed by atoms with Gasteiger partial charge in [0, 0.05) is 11.8 Å². The van der Waals surface area contributed by atoms with Crippen LogP contribution in [0.15, 0.2) is 52.0 Å². The molecule has 8 heteroatoms. The van der Waals surface area contributed by atoms with Crippen LogP contribution in [-0.2, 0) is 10.0 Å². The molecule has 0 amide bonds. The summed E-state index contributed by atoms with van der Waals surface area (Å²) in [5.41, 5.74) is 0.377. The molecule has 1 aromatic heterocycles. The van der Waals surface area contributed by atoms with Gasteiger partial charge < -0.3 is 4.74 Å². The van der Waals surface area contributed by atoms with Crippen molar-refractivity contribution >= 4 is 31.7 Å². The Labute approximate surface area is 148 Å². The number of aromatic nitrogens is 1. The molecule has 6 nitrogen and oxygen atoms in total. The summed E-state index contributed by atoms with van der Waals surface area (Å²) in [6.45, 7) is 1.90. The number of carbonyl (C=O) groups excluding carboxylic acids is 1. The first-order valence-electron chi connectivity index (χ1n) is 7.26. The predicted octanol–water partition coefficient (Wildman–Crippen LogP) is 2.50. The van der Waals surface area contributed by atoms with Gasteiger partial charge in [-0.15, -0.1) is 0 Å². The van der Waals surface area contributed by atoms with E-state index in [2.05, 4.69) is 20.9 Å². The van der Waals surface area contributed by atoms with Crippen molar-refractivity contribution in [3.05, 3.63) is 52.6 Å². The molecule has 0 spiro atoms. The third-order valence-electron chi connectivity index (χ3n) is 3.70. The third-order valence-corrected chi connectivity index (χ3v) is 6.13. The summed E-state index contributed by atoms with van der Waals surface area (Å²) < 4.78 is 32.9. The average Bonchev–Trinajstić information content (AvgIpc) is 2.52. The van der Waals surface area contributed by atoms with Crippen LogP contribution in [0.3, 0.4) is 0 Å². The predicted molar refractivity (Wildman–Crippen MR) is 91.6 cm³/mol. The van der Waals surface area contributed by atoms with E-state index in [0.29, 0.717) is 11.4 Å². The molecule has 1 aliphatic rings. The van der Waals surface area contributed by atoms with Crippen LogP contribution in [0.25, 0.3) is 0 Å². The normalized spacial score (nSPS) is 15.8. The maximum Gasteiger partial charge on any atom is 0.243 e. The van der Waals surface area contributed by atoms with Gasteiger partial charge in [0.05, 0.1) is 22.5 Å². The molecule has 0 radical (unpaired) electrons. The van der Waals surface area contributed by atoms with Gasteiger partial charge in [-0.2, -0.15) is 4.31 Å². The van der Waals surface area contributed by atoms with Gasteiger partial charge in [0.15, 0.2) is 5.78 Å². The lowest BCUT2D eigenvalue weighted by atomic mass is 10.2. The molecule has 3 rings (SSSR count). The first-order valence-corrected chi connectivity index (χ1v) is 9.49. The van der Waals surface area contributed by atoms with Crippen molar-refractivity contribution in [1.82, 2.24) is 9.29 Å². The van der Waals surface area contributed by atoms with E-state index in [-0.39, 0.29) is 29.9 Å². The van der Waals surface area contributed by atoms with E-state index < -0.39 is 10.0 Å². The number of ether oxygens (including phenoxy) is 1. The molecule has 0 N–H and O–H groups in total. The van der Waals surface area contributed by atoms with E-state index in [0.717, 1.165) is 4.47 Å². The molecule has 1 aliphatic heterocycles. The molecule has 0 saturated carbocycles. The Morgan fingerprint density at radius 1 is 1.29 bits per heavy atom. The van der Waals surface area contributed by atoms with Gasteiger partial charge in [0.2, 0.25) is 15.9 Å². The van der Waals surface area contributed by atoms with Crippen molar-refractivity contribution in [2.45, 2.75) is 17.9 Å². The number of ketones is 1. The van der Waals surface area contributed by atoms with Gasteiger partial charge in [0.1, 0.15) is 6.10 Å². The SMILES string of the molecule is CC(=O)c1cccc(S(=O)(=O)N2CC(Oc3ncccc3Br)C2)c1. The average molecular weight is 411 g/mol. The molecule has 1 saturated heterocycles. The molecule has 1 aromatic carbocycles. The van der Waals surface area contributed by atoms with Crippen LogP contribution < -0.4 is 4.74 Å². The molecular weight excluding hydrogens is 396 g/mol. The van der Waals surface area contributed by atoms with E-state index in [9.17, 15) is 13.2 Å². The number of rotatable bonds is 5. The summed E-state index contributed by atoms with van der Waals surface area (Å²) in [5.74, 6) is 0.273. The Morgan fingerprint density at radius 2 is 2.04 bits per heavy atom. The maximum atomic E-state index is 12.6. The van der Waals surface area contributed by atoms with E-state index in [1.54, 1.807) is 24.4 Å². The minimum atomic E-state index is -3.62. The monoisotopic (exact) mass is 410 g/mol. The first-order chi connectivity index (χ1) is 11.4. The number of carbonyl (C=O) groups is 1. The molecule has 0 bridgehead atoms. The Hall–Kier alpha value is -1.77. The van der Waals surface area contributed by atoms with Crippen molar-refractivity contribution in [3.8, 4) is 5.88 Å². The summed E-state index contributed by atoms with van der Waals surface area (Å²) >= 11 is 3.34. The number of pyridine rings is 1. The fourth-order valence-electron chi connectivity index (χ4n) is 2.31. The van der Waals surface area contributed by atoms with Crippen molar-refractivity contribution in [2.24, 2.45) is 0 Å². The molecule has 24 heavy (non-hydrogen) atoms. The van der Waals surface area contributed by atoms with Crippen molar-refractivity contribution in [3.63, 3.8) is 0 Å². The number of nitrogens with zero attached hydrogens (tertiary/aromatic N) is 2. The van der Waals surface area contributed by atoms with Gasteiger partial charge in [-0.1, -0.05) is 12.1 Å². The molecular formula is C16H15BrN2O4S. The van der Waals surface area contributed by atoms with Crippen LogP contribution in [0.5, 0.6) is 5.88 Å². The van der Waals surface area contributed by atoms with Crippen molar-refractivity contribution in [2.75, 3.05) is 13.1 Å². The second-order valence-electron chi connectivity index (χ2n) is 5.44. The lowest BCUT2D eigenvalue weighted by molar-refractivity contribution is 0.0713. The van der Waals surface area contributed by atoms with E-state index in [1.165, 1.54) is 23.4 Å². The zero-order chi connectivity index (χ0) is 17.3. The van der Waals surface area contributed by atoms with Gasteiger partial charge in [-0.3, -0.25) is 4.79 Å². The van der Waals surface area contributed by atoms with Gasteiger partial charge in [-0.05, 0) is 47.1 Å². The van der Waals surface area contributed by atoms with Crippen LogP contribution >= 0.6 is 15.9 Å². The molecule has 2 heterocycles. The van der Waals surface area contributed by atoms with Crippen molar-refractivity contribution in [1.29, 1.82) is 0 Å². The maximum absolute atomic E-state index is 12.6. The summed E-state index contributed by atoms with van der Waals surface area (Å²) in [6.07, 6.45) is 1.36. The number of Topliss-reactive ketones (excluding diaryl/α,β-unsaturated/α-hetero) is 1. The lowest BCUT2D eigenvalue weighted by Gasteiger charge is -2.37. The lowest BCUT2D eigenvalue weighted by Crippen LogP contribution is -2.56. The topological polar surface area (TPSA) is 76.6 Å². The molecule has 0 aliphatic carbocycles. The Bertz CT molecular complexity index is 879. The minimum Gasteiger partial charge on any atom is -0.471 e. The Morgan fingerprint density at radius 3 is 2.71 bits per heavy atom. The minimum absolute atomic E-state index is 0.118. The second-order valence-corrected chi connectivity index (χ2v) is 8.23. The van der Waals surface area contributed by atoms with Gasteiger partial charge in [-0.25, -0.2) is 13.4 Å². The summed E-state index contributed by atoms with van der Waals surface area (Å²) in [5, 5.41) is 0. The van der Waals surface area contributed by atoms with E-state index in [1.807, 2.05) is 6.07 Å². The molecule has 126 valence electrons. The number of sulfonamides is 1. The van der Waals surface area contributed by atoms with E-state index >= 15 is 0 Å². The summed E-state index contributed by atoms with van der Waals surface area (Å²) in [7, 11) is -3.62. The smallest absolute Gasteiger partial charge is 0.243 e. The fourth-order valence-corrected chi connectivity index (χ4v) is 4.21. The van der Waals surface area contributed by atoms with Crippen LogP contribution in [0.4, 0.5) is 0 Å². The molecule has 0 unspecified atom stereocenters. The fraction of sp³-hybridized carbons (Fsp3) is 0.250. The van der Waals surface area contributed by atoms with E-state index in [4.69, 9.17) is 4.74 Å². The Kier molecular flexibility index (Phi) is 4.71. The highest BCUT2D eigenvalue weighted by Crippen LogP contribution is 2.27. The largest absolute Gasteiger partial charge is 0.471 e. The van der Waals surface area contributed by atoms with Crippen LogP contribution in [-0.4, -0.2) is 42.7 Å². The highest BCUT2D eigenvalue weighted by molar-refractivity contribution is 9.10. The van der Waals surface area contributed by atoms with Crippen LogP contribution in [0.1, 0.15) is 17.3 Å². The zero-order valence-corrected chi connectivity index (χ0v) is 15.2. The highest BCUT2D eigenvalue weighted by Gasteiger charge is 2.38. The second kappa shape index (κ2) is 6.62. The molecule has 0 atom stereocenters. The number of benzene rings is 1. The molecule has 2 aromatic rings. The third kappa shape index (κ3) is 3.35. The number of hydrogen-bond acceptors (Lipinski definition) is 5. The van der Waals surface area contributed by atoms with Crippen molar-refractivity contribution < 1.29 is 17.9 Å². The van der Waals surface area contributed by atoms with Crippen LogP contribution in [0.2, 0.25) is 0 Å². The Balaban J connectivity index is 1.69. The summed E-state index contributed by atoms with van der Waals surface area (Å²) in [6, 6.07) is 9.65. The first kappa shape index (κ1) is 17.1. The molecule has 1 fully saturated rings. The van der Waals surface area contributed by atoms with Crippen LogP contribution in [0, 0.1) is 0 Å². The highest BCUT2D eigenvalue weighted by atomic mass is 79.9. The number of halogens is 1. The number of hydrogen-bond donors (Lipinski definition) is 0. The van der Waals surface area contributed by atoms with Gasteiger partial charge >= 0.3 is 0 Å². The summed E-state index contributed by atoms with van der Waals surface area (Å²) in [4.78, 5) is 15.6. The standard InChI is InChI=1S/C16H15BrN2O4S/c1-11(20)12-4-2-5-14(8-12)24(21,22)19-9-13(10-19)23-16-15(17)6-3-7-18-16/h2-8,13H,9-10H2,1H3. The van der Waals surface area contributed by atoms with Gasteiger partial charge in [0.25, 0.3) is 0 Å².